The molecule has 1 aliphatic heterocycles. The maximum absolute atomic E-state index is 13.9. The Bertz CT molecular complexity index is 1070. The van der Waals surface area contributed by atoms with Crippen LogP contribution in [0.4, 0.5) is 14.5 Å². The SMILES string of the molecule is Cc1cccc(N2CCN(CCNC(=O)CCc3ncc(-c4c(F)cccc4F)o3)CC2)c1. The predicted octanol–water partition coefficient (Wildman–Crippen LogP) is 3.80. The van der Waals surface area contributed by atoms with Crippen molar-refractivity contribution in [1.82, 2.24) is 15.2 Å². The lowest BCUT2D eigenvalue weighted by molar-refractivity contribution is -0.121. The molecule has 0 saturated carbocycles. The zero-order chi connectivity index (χ0) is 23.2. The summed E-state index contributed by atoms with van der Waals surface area (Å²) in [6.45, 7) is 7.31. The molecule has 174 valence electrons. The summed E-state index contributed by atoms with van der Waals surface area (Å²) in [6.07, 6.45) is 1.74. The van der Waals surface area contributed by atoms with Gasteiger partial charge in [0.05, 0.1) is 11.8 Å². The van der Waals surface area contributed by atoms with Gasteiger partial charge in [-0.3, -0.25) is 9.69 Å². The molecule has 2 aromatic carbocycles. The number of piperazine rings is 1. The van der Waals surface area contributed by atoms with Crippen molar-refractivity contribution >= 4 is 11.6 Å². The topological polar surface area (TPSA) is 61.6 Å². The second-order valence-corrected chi connectivity index (χ2v) is 8.23. The highest BCUT2D eigenvalue weighted by atomic mass is 19.1. The Morgan fingerprint density at radius 1 is 1.09 bits per heavy atom. The molecule has 1 aromatic heterocycles. The Kier molecular flexibility index (Phi) is 7.34. The summed E-state index contributed by atoms with van der Waals surface area (Å²) >= 11 is 0. The molecule has 2 heterocycles. The average molecular weight is 455 g/mol. The molecule has 0 spiro atoms. The van der Waals surface area contributed by atoms with E-state index < -0.39 is 11.6 Å². The molecular formula is C25H28F2N4O2. The molecule has 0 unspecified atom stereocenters. The number of anilines is 1. The molecule has 33 heavy (non-hydrogen) atoms. The van der Waals surface area contributed by atoms with E-state index in [4.69, 9.17) is 4.42 Å². The highest BCUT2D eigenvalue weighted by molar-refractivity contribution is 5.76. The van der Waals surface area contributed by atoms with E-state index in [1.54, 1.807) is 0 Å². The molecule has 1 N–H and O–H groups in total. The molecule has 1 amide bonds. The molecule has 6 nitrogen and oxygen atoms in total. The van der Waals surface area contributed by atoms with Crippen molar-refractivity contribution in [1.29, 1.82) is 0 Å². The minimum absolute atomic E-state index is 0.0193. The number of nitrogens with one attached hydrogen (secondary N) is 1. The molecule has 0 radical (unpaired) electrons. The summed E-state index contributed by atoms with van der Waals surface area (Å²) in [5.74, 6) is -1.24. The first kappa shape index (κ1) is 22.9. The number of aromatic nitrogens is 1. The number of amides is 1. The molecule has 0 bridgehead atoms. The van der Waals surface area contributed by atoms with Crippen LogP contribution in [0.1, 0.15) is 17.9 Å². The maximum atomic E-state index is 13.9. The highest BCUT2D eigenvalue weighted by Gasteiger charge is 2.18. The lowest BCUT2D eigenvalue weighted by Crippen LogP contribution is -2.48. The maximum Gasteiger partial charge on any atom is 0.220 e. The van der Waals surface area contributed by atoms with Crippen molar-refractivity contribution < 1.29 is 18.0 Å². The normalized spacial score (nSPS) is 14.5. The first-order chi connectivity index (χ1) is 16.0. The molecule has 4 rings (SSSR count). The zero-order valence-electron chi connectivity index (χ0n) is 18.7. The van der Waals surface area contributed by atoms with Gasteiger partial charge in [0.2, 0.25) is 5.91 Å². The Balaban J connectivity index is 1.16. The minimum atomic E-state index is -0.713. The fourth-order valence-corrected chi connectivity index (χ4v) is 3.99. The number of oxazole rings is 1. The third-order valence-electron chi connectivity index (χ3n) is 5.82. The van der Waals surface area contributed by atoms with E-state index in [0.717, 1.165) is 44.9 Å². The first-order valence-electron chi connectivity index (χ1n) is 11.2. The Morgan fingerprint density at radius 2 is 1.82 bits per heavy atom. The Morgan fingerprint density at radius 3 is 2.55 bits per heavy atom. The van der Waals surface area contributed by atoms with Gasteiger partial charge in [-0.15, -0.1) is 0 Å². The lowest BCUT2D eigenvalue weighted by atomic mass is 10.1. The smallest absolute Gasteiger partial charge is 0.220 e. The molecule has 0 aliphatic carbocycles. The van der Waals surface area contributed by atoms with Gasteiger partial charge in [-0.2, -0.15) is 0 Å². The molecule has 8 heteroatoms. The van der Waals surface area contributed by atoms with Gasteiger partial charge >= 0.3 is 0 Å². The number of rotatable bonds is 8. The van der Waals surface area contributed by atoms with E-state index in [9.17, 15) is 13.6 Å². The quantitative estimate of drug-likeness (QED) is 0.561. The monoisotopic (exact) mass is 454 g/mol. The van der Waals surface area contributed by atoms with Crippen molar-refractivity contribution in [3.8, 4) is 11.3 Å². The largest absolute Gasteiger partial charge is 0.441 e. The van der Waals surface area contributed by atoms with Crippen LogP contribution in [0.15, 0.2) is 53.1 Å². The number of nitrogens with zero attached hydrogens (tertiary/aromatic N) is 3. The van der Waals surface area contributed by atoms with Crippen LogP contribution in [-0.2, 0) is 11.2 Å². The number of aryl methyl sites for hydroxylation is 2. The molecule has 1 saturated heterocycles. The fourth-order valence-electron chi connectivity index (χ4n) is 3.99. The summed E-state index contributed by atoms with van der Waals surface area (Å²) in [5, 5.41) is 2.92. The summed E-state index contributed by atoms with van der Waals surface area (Å²) in [6, 6.07) is 12.2. The predicted molar refractivity (Wildman–Crippen MR) is 123 cm³/mol. The number of benzene rings is 2. The van der Waals surface area contributed by atoms with Gasteiger partial charge in [0.1, 0.15) is 11.6 Å². The molecule has 1 aliphatic rings. The molecular weight excluding hydrogens is 426 g/mol. The number of halogens is 2. The van der Waals surface area contributed by atoms with Gasteiger partial charge < -0.3 is 14.6 Å². The van der Waals surface area contributed by atoms with Crippen LogP contribution in [0, 0.1) is 18.6 Å². The van der Waals surface area contributed by atoms with Gasteiger partial charge in [0.15, 0.2) is 11.7 Å². The fraction of sp³-hybridized carbons (Fsp3) is 0.360. The van der Waals surface area contributed by atoms with Crippen LogP contribution in [0.5, 0.6) is 0 Å². The zero-order valence-corrected chi connectivity index (χ0v) is 18.7. The Hall–Kier alpha value is -3.26. The van der Waals surface area contributed by atoms with Crippen molar-refractivity contribution in [2.45, 2.75) is 19.8 Å². The number of carbonyl (C=O) groups excluding carboxylic acids is 1. The van der Waals surface area contributed by atoms with Crippen LogP contribution in [0.2, 0.25) is 0 Å². The molecule has 0 atom stereocenters. The number of carbonyl (C=O) groups is 1. The second-order valence-electron chi connectivity index (χ2n) is 8.23. The van der Waals surface area contributed by atoms with Gasteiger partial charge in [-0.1, -0.05) is 18.2 Å². The first-order valence-corrected chi connectivity index (χ1v) is 11.2. The third-order valence-corrected chi connectivity index (χ3v) is 5.82. The van der Waals surface area contributed by atoms with Crippen molar-refractivity contribution in [2.75, 3.05) is 44.2 Å². The van der Waals surface area contributed by atoms with Crippen molar-refractivity contribution in [3.05, 3.63) is 71.8 Å². The third kappa shape index (κ3) is 5.96. The van der Waals surface area contributed by atoms with Gasteiger partial charge in [0.25, 0.3) is 0 Å². The Labute approximate surface area is 192 Å². The van der Waals surface area contributed by atoms with Crippen LogP contribution < -0.4 is 10.2 Å². The average Bonchev–Trinajstić information content (AvgIpc) is 3.27. The highest BCUT2D eigenvalue weighted by Crippen LogP contribution is 2.26. The van der Waals surface area contributed by atoms with E-state index in [2.05, 4.69) is 51.3 Å². The van der Waals surface area contributed by atoms with Crippen molar-refractivity contribution in [3.63, 3.8) is 0 Å². The number of hydrogen-bond donors (Lipinski definition) is 1. The molecule has 1 fully saturated rings. The van der Waals surface area contributed by atoms with E-state index in [0.29, 0.717) is 6.54 Å². The van der Waals surface area contributed by atoms with Gasteiger partial charge in [-0.25, -0.2) is 13.8 Å². The standard InChI is InChI=1S/C25H28F2N4O2/c1-18-4-2-5-19(16-18)31-14-12-30(13-15-31)11-10-28-23(32)8-9-24-29-17-22(33-24)25-20(26)6-3-7-21(25)27/h2-7,16-17H,8-15H2,1H3,(H,28,32). The van der Waals surface area contributed by atoms with Crippen LogP contribution >= 0.6 is 0 Å². The van der Waals surface area contributed by atoms with E-state index in [1.807, 2.05) is 0 Å². The van der Waals surface area contributed by atoms with Gasteiger partial charge in [-0.05, 0) is 36.8 Å². The minimum Gasteiger partial charge on any atom is -0.441 e. The van der Waals surface area contributed by atoms with Crippen LogP contribution in [0.3, 0.4) is 0 Å². The summed E-state index contributed by atoms with van der Waals surface area (Å²) in [5.41, 5.74) is 2.27. The number of hydrogen-bond acceptors (Lipinski definition) is 5. The lowest BCUT2D eigenvalue weighted by Gasteiger charge is -2.36. The van der Waals surface area contributed by atoms with Crippen LogP contribution in [0.25, 0.3) is 11.3 Å². The van der Waals surface area contributed by atoms with E-state index in [1.165, 1.54) is 23.5 Å². The van der Waals surface area contributed by atoms with Crippen LogP contribution in [-0.4, -0.2) is 55.1 Å². The second kappa shape index (κ2) is 10.6. The van der Waals surface area contributed by atoms with Gasteiger partial charge in [0, 0.05) is 57.8 Å². The summed E-state index contributed by atoms with van der Waals surface area (Å²) in [4.78, 5) is 21.0. The van der Waals surface area contributed by atoms with E-state index in [-0.39, 0.29) is 36.0 Å². The summed E-state index contributed by atoms with van der Waals surface area (Å²) < 4.78 is 33.2. The molecule has 3 aromatic rings. The van der Waals surface area contributed by atoms with Crippen molar-refractivity contribution in [2.24, 2.45) is 0 Å². The van der Waals surface area contributed by atoms with E-state index >= 15 is 0 Å². The summed E-state index contributed by atoms with van der Waals surface area (Å²) in [7, 11) is 0.